The lowest BCUT2D eigenvalue weighted by atomic mass is 9.77. The Morgan fingerprint density at radius 1 is 1.06 bits per heavy atom. The Morgan fingerprint density at radius 3 is 2.50 bits per heavy atom. The van der Waals surface area contributed by atoms with Crippen molar-refractivity contribution in [1.29, 1.82) is 0 Å². The molecule has 104 valence electrons. The molecule has 3 aliphatic rings. The molecule has 0 aromatic rings. The number of hydrogen-bond acceptors (Lipinski definition) is 2. The highest BCUT2D eigenvalue weighted by molar-refractivity contribution is 4.93. The third kappa shape index (κ3) is 2.75. The topological polar surface area (TPSA) is 21.3 Å². The lowest BCUT2D eigenvalue weighted by molar-refractivity contribution is -0.110. The van der Waals surface area contributed by atoms with Gasteiger partial charge in [0, 0.05) is 18.7 Å². The van der Waals surface area contributed by atoms with Gasteiger partial charge in [-0.25, -0.2) is 0 Å². The molecule has 3 fully saturated rings. The highest BCUT2D eigenvalue weighted by Crippen LogP contribution is 2.39. The second-order valence-corrected chi connectivity index (χ2v) is 6.93. The molecule has 0 amide bonds. The van der Waals surface area contributed by atoms with Gasteiger partial charge in [-0.3, -0.25) is 0 Å². The summed E-state index contributed by atoms with van der Waals surface area (Å²) in [6, 6.07) is 1.44. The van der Waals surface area contributed by atoms with E-state index in [0.717, 1.165) is 18.6 Å². The zero-order valence-electron chi connectivity index (χ0n) is 11.9. The van der Waals surface area contributed by atoms with Gasteiger partial charge in [0.2, 0.25) is 0 Å². The van der Waals surface area contributed by atoms with Gasteiger partial charge in [-0.1, -0.05) is 25.7 Å². The summed E-state index contributed by atoms with van der Waals surface area (Å²) in [5.41, 5.74) is 0.257. The summed E-state index contributed by atoms with van der Waals surface area (Å²) in [6.07, 6.45) is 13.6. The summed E-state index contributed by atoms with van der Waals surface area (Å²) in [4.78, 5) is 0. The van der Waals surface area contributed by atoms with Crippen LogP contribution in [0.4, 0.5) is 0 Å². The first-order chi connectivity index (χ1) is 8.77. The van der Waals surface area contributed by atoms with Crippen molar-refractivity contribution >= 4 is 0 Å². The van der Waals surface area contributed by atoms with Gasteiger partial charge in [-0.15, -0.1) is 0 Å². The first kappa shape index (κ1) is 12.9. The van der Waals surface area contributed by atoms with Crippen molar-refractivity contribution in [2.24, 2.45) is 5.92 Å². The van der Waals surface area contributed by atoms with Crippen LogP contribution >= 0.6 is 0 Å². The average molecular weight is 251 g/mol. The van der Waals surface area contributed by atoms with Crippen molar-refractivity contribution in [2.75, 3.05) is 6.61 Å². The smallest absolute Gasteiger partial charge is 0.0697 e. The lowest BCUT2D eigenvalue weighted by Crippen LogP contribution is -2.51. The SMILES string of the molecule is CC(NC1CCOC2(CCCCC2)C1)C1CCC1. The maximum absolute atomic E-state index is 6.18. The molecule has 2 nitrogen and oxygen atoms in total. The van der Waals surface area contributed by atoms with Crippen LogP contribution in [0.15, 0.2) is 0 Å². The number of hydrogen-bond donors (Lipinski definition) is 1. The standard InChI is InChI=1S/C16H29NO/c1-13(14-6-5-7-14)17-15-8-11-18-16(12-15)9-3-2-4-10-16/h13-15,17H,2-12H2,1H3. The Bertz CT molecular complexity index is 263. The van der Waals surface area contributed by atoms with E-state index in [0.29, 0.717) is 6.04 Å². The fourth-order valence-electron chi connectivity index (χ4n) is 4.16. The van der Waals surface area contributed by atoms with Crippen LogP contribution in [0.2, 0.25) is 0 Å². The van der Waals surface area contributed by atoms with E-state index < -0.39 is 0 Å². The van der Waals surface area contributed by atoms with Crippen molar-refractivity contribution in [1.82, 2.24) is 5.32 Å². The zero-order chi connectivity index (χ0) is 12.4. The van der Waals surface area contributed by atoms with Gasteiger partial charge >= 0.3 is 0 Å². The van der Waals surface area contributed by atoms with E-state index in [1.54, 1.807) is 0 Å². The van der Waals surface area contributed by atoms with E-state index in [1.807, 2.05) is 0 Å². The van der Waals surface area contributed by atoms with Gasteiger partial charge in [-0.2, -0.15) is 0 Å². The molecule has 0 aromatic carbocycles. The predicted octanol–water partition coefficient (Wildman–Crippen LogP) is 3.65. The molecule has 2 saturated carbocycles. The van der Waals surface area contributed by atoms with Crippen LogP contribution < -0.4 is 5.32 Å². The molecule has 1 saturated heterocycles. The molecule has 2 atom stereocenters. The van der Waals surface area contributed by atoms with Crippen LogP contribution in [-0.4, -0.2) is 24.3 Å². The van der Waals surface area contributed by atoms with Crippen LogP contribution in [-0.2, 0) is 4.74 Å². The molecule has 0 aromatic heterocycles. The summed E-state index contributed by atoms with van der Waals surface area (Å²) < 4.78 is 6.18. The summed E-state index contributed by atoms with van der Waals surface area (Å²) in [6.45, 7) is 3.38. The molecule has 18 heavy (non-hydrogen) atoms. The van der Waals surface area contributed by atoms with E-state index in [4.69, 9.17) is 4.74 Å². The molecule has 2 heteroatoms. The third-order valence-corrected chi connectivity index (χ3v) is 5.61. The lowest BCUT2D eigenvalue weighted by Gasteiger charge is -2.45. The van der Waals surface area contributed by atoms with Crippen molar-refractivity contribution in [3.8, 4) is 0 Å². The average Bonchev–Trinajstić information content (AvgIpc) is 2.27. The highest BCUT2D eigenvalue weighted by Gasteiger charge is 2.39. The third-order valence-electron chi connectivity index (χ3n) is 5.61. The summed E-state index contributed by atoms with van der Waals surface area (Å²) >= 11 is 0. The Balaban J connectivity index is 1.52. The number of ether oxygens (including phenoxy) is 1. The summed E-state index contributed by atoms with van der Waals surface area (Å²) in [5.74, 6) is 0.954. The molecule has 0 radical (unpaired) electrons. The first-order valence-electron chi connectivity index (χ1n) is 8.17. The molecule has 3 rings (SSSR count). The van der Waals surface area contributed by atoms with Gasteiger partial charge in [0.05, 0.1) is 5.60 Å². The highest BCUT2D eigenvalue weighted by atomic mass is 16.5. The number of nitrogens with one attached hydrogen (secondary N) is 1. The van der Waals surface area contributed by atoms with Gasteiger partial charge in [0.15, 0.2) is 0 Å². The molecule has 1 heterocycles. The predicted molar refractivity (Wildman–Crippen MR) is 74.7 cm³/mol. The van der Waals surface area contributed by atoms with Gasteiger partial charge < -0.3 is 10.1 Å². The van der Waals surface area contributed by atoms with E-state index in [9.17, 15) is 0 Å². The quantitative estimate of drug-likeness (QED) is 0.826. The molecule has 0 bridgehead atoms. The molecule has 2 unspecified atom stereocenters. The molecule has 1 spiro atoms. The molecular formula is C16H29NO. The van der Waals surface area contributed by atoms with Gasteiger partial charge in [-0.05, 0) is 51.4 Å². The van der Waals surface area contributed by atoms with E-state index in [2.05, 4.69) is 12.2 Å². The largest absolute Gasteiger partial charge is 0.375 e. The Labute approximate surface area is 112 Å². The van der Waals surface area contributed by atoms with Crippen LogP contribution in [0.1, 0.15) is 71.1 Å². The minimum Gasteiger partial charge on any atom is -0.375 e. The van der Waals surface area contributed by atoms with E-state index >= 15 is 0 Å². The van der Waals surface area contributed by atoms with Crippen LogP contribution in [0.5, 0.6) is 0 Å². The van der Waals surface area contributed by atoms with Crippen molar-refractivity contribution < 1.29 is 4.74 Å². The summed E-state index contributed by atoms with van der Waals surface area (Å²) in [7, 11) is 0. The molecule has 1 aliphatic heterocycles. The zero-order valence-corrected chi connectivity index (χ0v) is 11.9. The molecule has 2 aliphatic carbocycles. The maximum Gasteiger partial charge on any atom is 0.0697 e. The van der Waals surface area contributed by atoms with Crippen molar-refractivity contribution in [2.45, 2.75) is 88.8 Å². The minimum absolute atomic E-state index is 0.257. The minimum atomic E-state index is 0.257. The Morgan fingerprint density at radius 2 is 1.83 bits per heavy atom. The number of rotatable bonds is 3. The normalized spacial score (nSPS) is 34.2. The van der Waals surface area contributed by atoms with E-state index in [1.165, 1.54) is 64.2 Å². The molecular weight excluding hydrogens is 222 g/mol. The Kier molecular flexibility index (Phi) is 3.95. The maximum atomic E-state index is 6.18. The van der Waals surface area contributed by atoms with Crippen LogP contribution in [0, 0.1) is 5.92 Å². The second kappa shape index (κ2) is 5.50. The summed E-state index contributed by atoms with van der Waals surface area (Å²) in [5, 5.41) is 3.91. The van der Waals surface area contributed by atoms with E-state index in [-0.39, 0.29) is 5.60 Å². The Hall–Kier alpha value is -0.0800. The van der Waals surface area contributed by atoms with Crippen molar-refractivity contribution in [3.63, 3.8) is 0 Å². The van der Waals surface area contributed by atoms with Crippen LogP contribution in [0.3, 0.4) is 0 Å². The fraction of sp³-hybridized carbons (Fsp3) is 1.00. The van der Waals surface area contributed by atoms with Crippen molar-refractivity contribution in [3.05, 3.63) is 0 Å². The molecule has 1 N–H and O–H groups in total. The van der Waals surface area contributed by atoms with Gasteiger partial charge in [0.1, 0.15) is 0 Å². The second-order valence-electron chi connectivity index (χ2n) is 6.93. The first-order valence-corrected chi connectivity index (χ1v) is 8.17. The fourth-order valence-corrected chi connectivity index (χ4v) is 4.16. The van der Waals surface area contributed by atoms with Gasteiger partial charge in [0.25, 0.3) is 0 Å². The van der Waals surface area contributed by atoms with Crippen LogP contribution in [0.25, 0.3) is 0 Å². The monoisotopic (exact) mass is 251 g/mol.